The standard InChI is InChI=1S/C18H22N2O3/c1-2-3-4-11-19-17(21)14-23-18(22)15-7-9-16(10-8-15)20-12-5-6-13-20/h5-10,12-13H,2-4,11,14H2,1H3,(H,19,21). The molecule has 0 bridgehead atoms. The Balaban J connectivity index is 1.78. The van der Waals surface area contributed by atoms with Crippen LogP contribution in [0.3, 0.4) is 0 Å². The first-order valence-corrected chi connectivity index (χ1v) is 7.88. The minimum Gasteiger partial charge on any atom is -0.452 e. The average Bonchev–Trinajstić information content (AvgIpc) is 3.11. The molecule has 0 saturated carbocycles. The van der Waals surface area contributed by atoms with Crippen LogP contribution in [-0.4, -0.2) is 29.6 Å². The first-order valence-electron chi connectivity index (χ1n) is 7.88. The molecule has 1 aromatic heterocycles. The highest BCUT2D eigenvalue weighted by Crippen LogP contribution is 2.10. The Morgan fingerprint density at radius 2 is 1.78 bits per heavy atom. The molecule has 1 amide bonds. The number of ether oxygens (including phenoxy) is 1. The van der Waals surface area contributed by atoms with Crippen LogP contribution in [0.15, 0.2) is 48.8 Å². The number of aromatic nitrogens is 1. The molecule has 1 heterocycles. The van der Waals surface area contributed by atoms with Gasteiger partial charge in [0.2, 0.25) is 0 Å². The van der Waals surface area contributed by atoms with Crippen molar-refractivity contribution in [3.63, 3.8) is 0 Å². The van der Waals surface area contributed by atoms with E-state index in [-0.39, 0.29) is 12.5 Å². The fraction of sp³-hybridized carbons (Fsp3) is 0.333. The lowest BCUT2D eigenvalue weighted by Gasteiger charge is -2.07. The van der Waals surface area contributed by atoms with Gasteiger partial charge in [0.15, 0.2) is 6.61 Å². The van der Waals surface area contributed by atoms with Gasteiger partial charge in [-0.15, -0.1) is 0 Å². The van der Waals surface area contributed by atoms with Gasteiger partial charge in [-0.25, -0.2) is 4.79 Å². The van der Waals surface area contributed by atoms with Gasteiger partial charge in [0.1, 0.15) is 0 Å². The van der Waals surface area contributed by atoms with Crippen molar-refractivity contribution in [2.24, 2.45) is 0 Å². The van der Waals surface area contributed by atoms with Crippen LogP contribution in [-0.2, 0) is 9.53 Å². The van der Waals surface area contributed by atoms with Crippen molar-refractivity contribution < 1.29 is 14.3 Å². The summed E-state index contributed by atoms with van der Waals surface area (Å²) in [6, 6.07) is 10.9. The van der Waals surface area contributed by atoms with E-state index in [1.54, 1.807) is 12.1 Å². The van der Waals surface area contributed by atoms with E-state index in [1.165, 1.54) is 0 Å². The zero-order valence-corrected chi connectivity index (χ0v) is 13.3. The van der Waals surface area contributed by atoms with Crippen molar-refractivity contribution in [3.8, 4) is 5.69 Å². The maximum Gasteiger partial charge on any atom is 0.338 e. The summed E-state index contributed by atoms with van der Waals surface area (Å²) < 4.78 is 6.96. The zero-order valence-electron chi connectivity index (χ0n) is 13.3. The summed E-state index contributed by atoms with van der Waals surface area (Å²) in [5, 5.41) is 2.73. The van der Waals surface area contributed by atoms with Gasteiger partial charge in [0, 0.05) is 24.6 Å². The van der Waals surface area contributed by atoms with Crippen LogP contribution in [0.25, 0.3) is 5.69 Å². The molecular weight excluding hydrogens is 292 g/mol. The molecule has 122 valence electrons. The van der Waals surface area contributed by atoms with E-state index >= 15 is 0 Å². The van der Waals surface area contributed by atoms with Crippen molar-refractivity contribution >= 4 is 11.9 Å². The second-order valence-corrected chi connectivity index (χ2v) is 5.27. The molecule has 0 aliphatic carbocycles. The molecular formula is C18H22N2O3. The normalized spacial score (nSPS) is 10.3. The predicted molar refractivity (Wildman–Crippen MR) is 88.6 cm³/mol. The molecule has 2 aromatic rings. The van der Waals surface area contributed by atoms with Crippen LogP contribution in [0, 0.1) is 0 Å². The third kappa shape index (κ3) is 5.29. The summed E-state index contributed by atoms with van der Waals surface area (Å²) >= 11 is 0. The minimum atomic E-state index is -0.493. The van der Waals surface area contributed by atoms with Crippen LogP contribution in [0.4, 0.5) is 0 Å². The number of nitrogens with zero attached hydrogens (tertiary/aromatic N) is 1. The van der Waals surface area contributed by atoms with Gasteiger partial charge < -0.3 is 14.6 Å². The number of amides is 1. The number of nitrogens with one attached hydrogen (secondary N) is 1. The number of hydrogen-bond donors (Lipinski definition) is 1. The lowest BCUT2D eigenvalue weighted by Crippen LogP contribution is -2.29. The topological polar surface area (TPSA) is 60.3 Å². The molecule has 0 atom stereocenters. The van der Waals surface area contributed by atoms with E-state index in [2.05, 4.69) is 12.2 Å². The van der Waals surface area contributed by atoms with E-state index in [1.807, 2.05) is 41.2 Å². The Bertz CT molecular complexity index is 618. The lowest BCUT2D eigenvalue weighted by molar-refractivity contribution is -0.124. The summed E-state index contributed by atoms with van der Waals surface area (Å²) in [5.74, 6) is -0.758. The van der Waals surface area contributed by atoms with Gasteiger partial charge in [0.05, 0.1) is 5.56 Å². The van der Waals surface area contributed by atoms with Crippen LogP contribution >= 0.6 is 0 Å². The number of esters is 1. The number of carbonyl (C=O) groups excluding carboxylic acids is 2. The molecule has 5 heteroatoms. The molecule has 0 unspecified atom stereocenters. The van der Waals surface area contributed by atoms with Crippen molar-refractivity contribution in [1.82, 2.24) is 9.88 Å². The van der Waals surface area contributed by atoms with E-state index in [0.29, 0.717) is 12.1 Å². The van der Waals surface area contributed by atoms with E-state index in [9.17, 15) is 9.59 Å². The largest absolute Gasteiger partial charge is 0.452 e. The smallest absolute Gasteiger partial charge is 0.338 e. The molecule has 0 radical (unpaired) electrons. The summed E-state index contributed by atoms with van der Waals surface area (Å²) in [5.41, 5.74) is 1.39. The molecule has 0 spiro atoms. The van der Waals surface area contributed by atoms with Gasteiger partial charge in [-0.2, -0.15) is 0 Å². The van der Waals surface area contributed by atoms with Crippen LogP contribution in [0.2, 0.25) is 0 Å². The van der Waals surface area contributed by atoms with E-state index < -0.39 is 5.97 Å². The summed E-state index contributed by atoms with van der Waals surface area (Å²) in [4.78, 5) is 23.5. The zero-order chi connectivity index (χ0) is 16.5. The van der Waals surface area contributed by atoms with Crippen LogP contribution in [0.5, 0.6) is 0 Å². The van der Waals surface area contributed by atoms with Crippen molar-refractivity contribution in [2.45, 2.75) is 26.2 Å². The molecule has 2 rings (SSSR count). The molecule has 23 heavy (non-hydrogen) atoms. The fourth-order valence-electron chi connectivity index (χ4n) is 2.14. The predicted octanol–water partition coefficient (Wildman–Crippen LogP) is 2.94. The van der Waals surface area contributed by atoms with E-state index in [4.69, 9.17) is 4.74 Å². The maximum atomic E-state index is 11.9. The second kappa shape index (κ2) is 8.78. The Morgan fingerprint density at radius 1 is 1.09 bits per heavy atom. The molecule has 0 aliphatic rings. The number of benzene rings is 1. The Hall–Kier alpha value is -2.56. The highest BCUT2D eigenvalue weighted by molar-refractivity contribution is 5.91. The molecule has 0 saturated heterocycles. The number of unbranched alkanes of at least 4 members (excludes halogenated alkanes) is 2. The van der Waals surface area contributed by atoms with Gasteiger partial charge >= 0.3 is 5.97 Å². The van der Waals surface area contributed by atoms with Gasteiger partial charge in [0.25, 0.3) is 5.91 Å². The van der Waals surface area contributed by atoms with Crippen molar-refractivity contribution in [2.75, 3.05) is 13.2 Å². The Labute approximate surface area is 136 Å². The van der Waals surface area contributed by atoms with Gasteiger partial charge in [-0.05, 0) is 42.8 Å². The SMILES string of the molecule is CCCCCNC(=O)COC(=O)c1ccc(-n2cccc2)cc1. The molecule has 5 nitrogen and oxygen atoms in total. The van der Waals surface area contributed by atoms with Gasteiger partial charge in [-0.1, -0.05) is 19.8 Å². The van der Waals surface area contributed by atoms with Crippen molar-refractivity contribution in [3.05, 3.63) is 54.4 Å². The average molecular weight is 314 g/mol. The second-order valence-electron chi connectivity index (χ2n) is 5.27. The lowest BCUT2D eigenvalue weighted by atomic mass is 10.2. The minimum absolute atomic E-state index is 0.246. The summed E-state index contributed by atoms with van der Waals surface area (Å²) in [6.07, 6.45) is 6.97. The molecule has 0 fully saturated rings. The Morgan fingerprint density at radius 3 is 2.43 bits per heavy atom. The van der Waals surface area contributed by atoms with Crippen LogP contribution < -0.4 is 5.32 Å². The number of hydrogen-bond acceptors (Lipinski definition) is 3. The van der Waals surface area contributed by atoms with Crippen LogP contribution in [0.1, 0.15) is 36.5 Å². The third-order valence-electron chi connectivity index (χ3n) is 3.44. The molecule has 1 aromatic carbocycles. The molecule has 0 aliphatic heterocycles. The first kappa shape index (κ1) is 16.8. The number of carbonyl (C=O) groups is 2. The fourth-order valence-corrected chi connectivity index (χ4v) is 2.14. The van der Waals surface area contributed by atoms with E-state index in [0.717, 1.165) is 24.9 Å². The third-order valence-corrected chi connectivity index (χ3v) is 3.44. The summed E-state index contributed by atoms with van der Waals surface area (Å²) in [6.45, 7) is 2.48. The quantitative estimate of drug-likeness (QED) is 0.602. The monoisotopic (exact) mass is 314 g/mol. The van der Waals surface area contributed by atoms with Gasteiger partial charge in [-0.3, -0.25) is 4.79 Å². The Kier molecular flexibility index (Phi) is 6.41. The highest BCUT2D eigenvalue weighted by atomic mass is 16.5. The number of rotatable bonds is 8. The maximum absolute atomic E-state index is 11.9. The van der Waals surface area contributed by atoms with Crippen molar-refractivity contribution in [1.29, 1.82) is 0 Å². The molecule has 1 N–H and O–H groups in total. The first-order chi connectivity index (χ1) is 11.2. The highest BCUT2D eigenvalue weighted by Gasteiger charge is 2.10. The summed E-state index contributed by atoms with van der Waals surface area (Å²) in [7, 11) is 0.